The summed E-state index contributed by atoms with van der Waals surface area (Å²) in [5.74, 6) is -0.828. The molecule has 0 unspecified atom stereocenters. The largest absolute Gasteiger partial charge is 0.507 e. The summed E-state index contributed by atoms with van der Waals surface area (Å²) in [6.07, 6.45) is 1.45. The molecule has 0 radical (unpaired) electrons. The van der Waals surface area contributed by atoms with Gasteiger partial charge in [-0.25, -0.2) is 4.79 Å². The lowest BCUT2D eigenvalue weighted by atomic mass is 10.1. The lowest BCUT2D eigenvalue weighted by Gasteiger charge is -2.23. The second kappa shape index (κ2) is 13.1. The van der Waals surface area contributed by atoms with Crippen molar-refractivity contribution in [2.24, 2.45) is 0 Å². The molecule has 0 fully saturated rings. The molecule has 3 N–H and O–H groups in total. The van der Waals surface area contributed by atoms with Gasteiger partial charge in [-0.2, -0.15) is 0 Å². The van der Waals surface area contributed by atoms with Gasteiger partial charge in [0.2, 0.25) is 0 Å². The average Bonchev–Trinajstić information content (AvgIpc) is 2.96. The molecule has 8 nitrogen and oxygen atoms in total. The highest BCUT2D eigenvalue weighted by molar-refractivity contribution is 6.03. The summed E-state index contributed by atoms with van der Waals surface area (Å²) in [6.45, 7) is 4.04. The minimum atomic E-state index is -1.30. The standard InChI is InChI=1S/C33H30N2O6/c1-22(2)18-31(37)35(26-14-17-30(36)29(19-26)33(39)40)21-24-8-12-25(13-9-24)32(38)34-20-23-10-15-28(16-11-23)41-27-6-4-3-5-7-27/h3-19,36H,20-21H2,1-2H3,(H,34,38)(H,39,40). The fourth-order valence-corrected chi connectivity index (χ4v) is 4.01. The molecule has 41 heavy (non-hydrogen) atoms. The first-order valence-corrected chi connectivity index (χ1v) is 12.9. The first-order chi connectivity index (χ1) is 19.7. The number of nitrogens with zero attached hydrogens (tertiary/aromatic N) is 1. The second-order valence-corrected chi connectivity index (χ2v) is 9.59. The molecule has 0 spiro atoms. The van der Waals surface area contributed by atoms with Gasteiger partial charge >= 0.3 is 5.97 Å². The van der Waals surface area contributed by atoms with E-state index < -0.39 is 5.97 Å². The van der Waals surface area contributed by atoms with E-state index in [2.05, 4.69) is 5.32 Å². The summed E-state index contributed by atoms with van der Waals surface area (Å²) < 4.78 is 5.80. The molecule has 4 aromatic rings. The number of ether oxygens (including phenoxy) is 1. The molecule has 0 saturated heterocycles. The van der Waals surface area contributed by atoms with Crippen molar-refractivity contribution in [2.45, 2.75) is 26.9 Å². The number of allylic oxidation sites excluding steroid dienone is 1. The Labute approximate surface area is 238 Å². The van der Waals surface area contributed by atoms with Gasteiger partial charge in [-0.1, -0.05) is 48.0 Å². The normalized spacial score (nSPS) is 10.4. The SMILES string of the molecule is CC(C)=CC(=O)N(Cc1ccc(C(=O)NCc2ccc(Oc3ccccc3)cc2)cc1)c1ccc(O)c(C(=O)O)c1. The number of nitrogens with one attached hydrogen (secondary N) is 1. The zero-order valence-electron chi connectivity index (χ0n) is 22.7. The number of aromatic hydroxyl groups is 1. The lowest BCUT2D eigenvalue weighted by molar-refractivity contribution is -0.114. The van der Waals surface area contributed by atoms with Crippen molar-refractivity contribution in [3.63, 3.8) is 0 Å². The van der Waals surface area contributed by atoms with Crippen LogP contribution in [0.4, 0.5) is 5.69 Å². The van der Waals surface area contributed by atoms with E-state index in [1.165, 1.54) is 29.2 Å². The number of benzene rings is 4. The minimum Gasteiger partial charge on any atom is -0.507 e. The molecule has 0 saturated carbocycles. The Morgan fingerprint density at radius 2 is 1.46 bits per heavy atom. The highest BCUT2D eigenvalue weighted by atomic mass is 16.5. The van der Waals surface area contributed by atoms with Gasteiger partial charge < -0.3 is 25.2 Å². The molecule has 4 rings (SSSR count). The van der Waals surface area contributed by atoms with Crippen LogP contribution in [0.15, 0.2) is 109 Å². The lowest BCUT2D eigenvalue weighted by Crippen LogP contribution is -2.29. The number of carboxylic acid groups (broad SMARTS) is 1. The van der Waals surface area contributed by atoms with E-state index in [1.807, 2.05) is 54.6 Å². The van der Waals surface area contributed by atoms with E-state index in [-0.39, 0.29) is 29.7 Å². The monoisotopic (exact) mass is 550 g/mol. The third kappa shape index (κ3) is 7.83. The van der Waals surface area contributed by atoms with Gasteiger partial charge in [0.15, 0.2) is 0 Å². The van der Waals surface area contributed by atoms with Gasteiger partial charge in [-0.3, -0.25) is 9.59 Å². The van der Waals surface area contributed by atoms with E-state index in [0.29, 0.717) is 23.5 Å². The number of para-hydroxylation sites is 1. The minimum absolute atomic E-state index is 0.131. The summed E-state index contributed by atoms with van der Waals surface area (Å²) in [5.41, 5.74) is 2.91. The first kappa shape index (κ1) is 28.6. The van der Waals surface area contributed by atoms with E-state index in [9.17, 15) is 24.6 Å². The molecular weight excluding hydrogens is 520 g/mol. The highest BCUT2D eigenvalue weighted by Gasteiger charge is 2.19. The van der Waals surface area contributed by atoms with Crippen LogP contribution in [0, 0.1) is 0 Å². The van der Waals surface area contributed by atoms with Crippen LogP contribution < -0.4 is 15.0 Å². The van der Waals surface area contributed by atoms with Gasteiger partial charge in [-0.05, 0) is 79.6 Å². The van der Waals surface area contributed by atoms with Crippen LogP contribution in [0.25, 0.3) is 0 Å². The van der Waals surface area contributed by atoms with E-state index in [1.54, 1.807) is 38.1 Å². The van der Waals surface area contributed by atoms with Crippen molar-refractivity contribution < 1.29 is 29.3 Å². The maximum absolute atomic E-state index is 13.0. The number of aromatic carboxylic acids is 1. The van der Waals surface area contributed by atoms with Crippen LogP contribution >= 0.6 is 0 Å². The van der Waals surface area contributed by atoms with Crippen molar-refractivity contribution in [3.05, 3.63) is 131 Å². The topological polar surface area (TPSA) is 116 Å². The van der Waals surface area contributed by atoms with Crippen molar-refractivity contribution >= 4 is 23.5 Å². The summed E-state index contributed by atoms with van der Waals surface area (Å²) in [5, 5.41) is 22.2. The van der Waals surface area contributed by atoms with Gasteiger partial charge in [-0.15, -0.1) is 0 Å². The number of carboxylic acids is 1. The van der Waals surface area contributed by atoms with E-state index in [4.69, 9.17) is 4.74 Å². The Kier molecular flexibility index (Phi) is 9.16. The number of rotatable bonds is 10. The van der Waals surface area contributed by atoms with Crippen LogP contribution in [0.1, 0.15) is 45.7 Å². The number of hydrogen-bond donors (Lipinski definition) is 3. The molecule has 0 atom stereocenters. The van der Waals surface area contributed by atoms with Crippen molar-refractivity contribution in [1.82, 2.24) is 5.32 Å². The molecule has 4 aromatic carbocycles. The number of carbonyl (C=O) groups is 3. The smallest absolute Gasteiger partial charge is 0.339 e. The summed E-state index contributed by atoms with van der Waals surface area (Å²) >= 11 is 0. The summed E-state index contributed by atoms with van der Waals surface area (Å²) in [7, 11) is 0. The van der Waals surface area contributed by atoms with Crippen LogP contribution in [-0.2, 0) is 17.9 Å². The summed E-state index contributed by atoms with van der Waals surface area (Å²) in [6, 6.07) is 27.8. The first-order valence-electron chi connectivity index (χ1n) is 12.9. The maximum Gasteiger partial charge on any atom is 0.339 e. The van der Waals surface area contributed by atoms with E-state index >= 15 is 0 Å². The predicted octanol–water partition coefficient (Wildman–Crippen LogP) is 6.31. The van der Waals surface area contributed by atoms with Gasteiger partial charge in [0.05, 0.1) is 6.54 Å². The van der Waals surface area contributed by atoms with Crippen LogP contribution in [-0.4, -0.2) is 28.0 Å². The van der Waals surface area contributed by atoms with Crippen molar-refractivity contribution in [3.8, 4) is 17.2 Å². The quantitative estimate of drug-likeness (QED) is 0.199. The molecule has 0 heterocycles. The molecule has 0 bridgehead atoms. The zero-order chi connectivity index (χ0) is 29.4. The number of hydrogen-bond acceptors (Lipinski definition) is 5. The average molecular weight is 551 g/mol. The molecule has 8 heteroatoms. The Morgan fingerprint density at radius 3 is 2.10 bits per heavy atom. The fraction of sp³-hybridized carbons (Fsp3) is 0.121. The van der Waals surface area contributed by atoms with Crippen molar-refractivity contribution in [2.75, 3.05) is 4.90 Å². The third-order valence-corrected chi connectivity index (χ3v) is 6.11. The number of anilines is 1. The predicted molar refractivity (Wildman–Crippen MR) is 156 cm³/mol. The Morgan fingerprint density at radius 1 is 0.829 bits per heavy atom. The zero-order valence-corrected chi connectivity index (χ0v) is 22.7. The second-order valence-electron chi connectivity index (χ2n) is 9.59. The molecule has 0 aliphatic rings. The Bertz CT molecular complexity index is 1560. The molecule has 0 aliphatic carbocycles. The van der Waals surface area contributed by atoms with Crippen LogP contribution in [0.3, 0.4) is 0 Å². The number of phenols is 1. The highest BCUT2D eigenvalue weighted by Crippen LogP contribution is 2.26. The van der Waals surface area contributed by atoms with Crippen LogP contribution in [0.5, 0.6) is 17.2 Å². The van der Waals surface area contributed by atoms with E-state index in [0.717, 1.165) is 22.4 Å². The molecule has 208 valence electrons. The molecular formula is C33H30N2O6. The molecule has 0 aliphatic heterocycles. The Hall–Kier alpha value is -5.37. The maximum atomic E-state index is 13.0. The van der Waals surface area contributed by atoms with Gasteiger partial charge in [0.25, 0.3) is 11.8 Å². The fourth-order valence-electron chi connectivity index (χ4n) is 4.01. The third-order valence-electron chi connectivity index (χ3n) is 6.11. The van der Waals surface area contributed by atoms with Gasteiger partial charge in [0.1, 0.15) is 22.8 Å². The van der Waals surface area contributed by atoms with Gasteiger partial charge in [0, 0.05) is 23.9 Å². The van der Waals surface area contributed by atoms with Crippen molar-refractivity contribution in [1.29, 1.82) is 0 Å². The number of amides is 2. The summed E-state index contributed by atoms with van der Waals surface area (Å²) in [4.78, 5) is 38.7. The van der Waals surface area contributed by atoms with Crippen LogP contribution in [0.2, 0.25) is 0 Å². The Balaban J connectivity index is 1.41. The molecule has 2 amide bonds. The molecule has 0 aromatic heterocycles. The number of carbonyl (C=O) groups excluding carboxylic acids is 2.